The Labute approximate surface area is 167 Å². The maximum Gasteiger partial charge on any atom is 0.274 e. The minimum absolute atomic E-state index is 0.266. The molecule has 3 heterocycles. The number of carbonyl (C=O) groups excluding carboxylic acids is 1. The summed E-state index contributed by atoms with van der Waals surface area (Å²) in [5, 5.41) is 11.3. The van der Waals surface area contributed by atoms with Crippen molar-refractivity contribution in [1.29, 1.82) is 0 Å². The molecule has 7 nitrogen and oxygen atoms in total. The Kier molecular flexibility index (Phi) is 4.32. The molecule has 0 atom stereocenters. The van der Waals surface area contributed by atoms with Crippen molar-refractivity contribution in [2.45, 2.75) is 18.9 Å². The molecule has 142 valence electrons. The highest BCUT2D eigenvalue weighted by Crippen LogP contribution is 2.37. The van der Waals surface area contributed by atoms with Crippen molar-refractivity contribution < 1.29 is 4.79 Å². The predicted octanol–water partition coefficient (Wildman–Crippen LogP) is 3.99. The van der Waals surface area contributed by atoms with Gasteiger partial charge < -0.3 is 9.88 Å². The van der Waals surface area contributed by atoms with E-state index in [2.05, 4.69) is 30.0 Å². The molecule has 1 amide bonds. The van der Waals surface area contributed by atoms with E-state index in [1.165, 1.54) is 0 Å². The third-order valence-electron chi connectivity index (χ3n) is 4.91. The highest BCUT2D eigenvalue weighted by atomic mass is 16.1. The number of hydrogen-bond donors (Lipinski definition) is 1. The Bertz CT molecular complexity index is 1170. The minimum Gasteiger partial charge on any atom is -0.321 e. The summed E-state index contributed by atoms with van der Waals surface area (Å²) in [6.45, 7) is 0. The number of nitrogens with one attached hydrogen (secondary N) is 1. The van der Waals surface area contributed by atoms with E-state index in [9.17, 15) is 4.79 Å². The number of aromatic nitrogens is 5. The number of hydrogen-bond acceptors (Lipinski definition) is 5. The van der Waals surface area contributed by atoms with Gasteiger partial charge in [0.2, 0.25) is 0 Å². The van der Waals surface area contributed by atoms with E-state index in [1.54, 1.807) is 24.9 Å². The lowest BCUT2D eigenvalue weighted by Gasteiger charge is -2.11. The average Bonchev–Trinajstić information content (AvgIpc) is 3.50. The van der Waals surface area contributed by atoms with Gasteiger partial charge in [0.05, 0.1) is 0 Å². The van der Waals surface area contributed by atoms with Gasteiger partial charge >= 0.3 is 0 Å². The summed E-state index contributed by atoms with van der Waals surface area (Å²) in [7, 11) is 0. The van der Waals surface area contributed by atoms with E-state index < -0.39 is 0 Å². The maximum atomic E-state index is 13.0. The minimum atomic E-state index is -0.266. The molecule has 1 aromatic carbocycles. The maximum absolute atomic E-state index is 13.0. The summed E-state index contributed by atoms with van der Waals surface area (Å²) >= 11 is 0. The number of rotatable bonds is 5. The van der Waals surface area contributed by atoms with Gasteiger partial charge in [-0.2, -0.15) is 0 Å². The van der Waals surface area contributed by atoms with Crippen LogP contribution in [0.25, 0.3) is 22.5 Å². The van der Waals surface area contributed by atoms with Crippen molar-refractivity contribution >= 4 is 11.6 Å². The van der Waals surface area contributed by atoms with E-state index in [0.717, 1.165) is 35.4 Å². The second-order valence-electron chi connectivity index (χ2n) is 6.96. The largest absolute Gasteiger partial charge is 0.321 e. The molecule has 0 spiro atoms. The molecule has 1 aliphatic carbocycles. The Balaban J connectivity index is 1.43. The summed E-state index contributed by atoms with van der Waals surface area (Å²) in [4.78, 5) is 21.3. The molecule has 0 bridgehead atoms. The van der Waals surface area contributed by atoms with Crippen LogP contribution < -0.4 is 5.32 Å². The van der Waals surface area contributed by atoms with Crippen LogP contribution in [0.3, 0.4) is 0 Å². The van der Waals surface area contributed by atoms with Crippen LogP contribution in [0.2, 0.25) is 0 Å². The second kappa shape index (κ2) is 7.27. The van der Waals surface area contributed by atoms with Crippen LogP contribution in [0.5, 0.6) is 0 Å². The Morgan fingerprint density at radius 3 is 2.69 bits per heavy atom. The summed E-state index contributed by atoms with van der Waals surface area (Å²) in [5.41, 5.74) is 3.62. The van der Waals surface area contributed by atoms with Crippen molar-refractivity contribution in [3.05, 3.63) is 79.1 Å². The quantitative estimate of drug-likeness (QED) is 0.564. The topological polar surface area (TPSA) is 85.6 Å². The van der Waals surface area contributed by atoms with Crippen LogP contribution >= 0.6 is 0 Å². The molecule has 5 rings (SSSR count). The number of amides is 1. The number of nitrogens with zero attached hydrogens (tertiary/aromatic N) is 5. The van der Waals surface area contributed by atoms with E-state index in [4.69, 9.17) is 0 Å². The average molecular weight is 382 g/mol. The third-order valence-corrected chi connectivity index (χ3v) is 4.91. The molecule has 0 unspecified atom stereocenters. The van der Waals surface area contributed by atoms with E-state index in [-0.39, 0.29) is 5.91 Å². The smallest absolute Gasteiger partial charge is 0.274 e. The predicted molar refractivity (Wildman–Crippen MR) is 109 cm³/mol. The first-order valence-corrected chi connectivity index (χ1v) is 9.46. The molecule has 1 saturated carbocycles. The standard InChI is InChI=1S/C22H18N6O/c29-22(20-19(5-2-10-24-20)15-8-11-23-12-9-15)26-17-4-1-3-16(13-17)21-27-25-14-28(21)18-6-7-18/h1-5,8-14,18H,6-7H2,(H,26,29). The van der Waals surface area contributed by atoms with E-state index in [0.29, 0.717) is 17.4 Å². The molecule has 1 N–H and O–H groups in total. The SMILES string of the molecule is O=C(Nc1cccc(-c2nncn2C2CC2)c1)c1ncccc1-c1ccncc1. The number of carbonyl (C=O) groups is 1. The lowest BCUT2D eigenvalue weighted by molar-refractivity contribution is 0.102. The van der Waals surface area contributed by atoms with Gasteiger partial charge in [-0.1, -0.05) is 18.2 Å². The fourth-order valence-corrected chi connectivity index (χ4v) is 3.35. The molecule has 0 saturated heterocycles. The van der Waals surface area contributed by atoms with Gasteiger partial charge in [-0.15, -0.1) is 10.2 Å². The van der Waals surface area contributed by atoms with E-state index >= 15 is 0 Å². The second-order valence-corrected chi connectivity index (χ2v) is 6.96. The molecule has 1 aliphatic rings. The fraction of sp³-hybridized carbons (Fsp3) is 0.136. The van der Waals surface area contributed by atoms with Gasteiger partial charge in [0, 0.05) is 41.4 Å². The van der Waals surface area contributed by atoms with Crippen LogP contribution in [0.15, 0.2) is 73.4 Å². The first-order chi connectivity index (χ1) is 14.3. The molecule has 0 radical (unpaired) electrons. The number of pyridine rings is 2. The zero-order chi connectivity index (χ0) is 19.6. The van der Waals surface area contributed by atoms with Gasteiger partial charge in [-0.25, -0.2) is 0 Å². The Morgan fingerprint density at radius 1 is 1.00 bits per heavy atom. The molecular formula is C22H18N6O. The van der Waals surface area contributed by atoms with Gasteiger partial charge in [0.1, 0.15) is 12.0 Å². The van der Waals surface area contributed by atoms with Crippen LogP contribution in [-0.4, -0.2) is 30.6 Å². The monoisotopic (exact) mass is 382 g/mol. The number of benzene rings is 1. The van der Waals surface area contributed by atoms with Crippen molar-refractivity contribution in [2.75, 3.05) is 5.32 Å². The van der Waals surface area contributed by atoms with Crippen molar-refractivity contribution in [3.8, 4) is 22.5 Å². The first-order valence-electron chi connectivity index (χ1n) is 9.46. The molecule has 3 aromatic heterocycles. The molecule has 7 heteroatoms. The molecule has 0 aliphatic heterocycles. The molecule has 29 heavy (non-hydrogen) atoms. The molecular weight excluding hydrogens is 364 g/mol. The fourth-order valence-electron chi connectivity index (χ4n) is 3.35. The van der Waals surface area contributed by atoms with Gasteiger partial charge in [0.15, 0.2) is 5.82 Å². The first kappa shape index (κ1) is 17.2. The summed E-state index contributed by atoms with van der Waals surface area (Å²) < 4.78 is 2.10. The van der Waals surface area contributed by atoms with Crippen LogP contribution in [0.1, 0.15) is 29.4 Å². The zero-order valence-electron chi connectivity index (χ0n) is 15.6. The van der Waals surface area contributed by atoms with Crippen LogP contribution in [0.4, 0.5) is 5.69 Å². The lowest BCUT2D eigenvalue weighted by Crippen LogP contribution is -2.15. The summed E-state index contributed by atoms with van der Waals surface area (Å²) in [6, 6.07) is 15.5. The normalized spacial score (nSPS) is 13.2. The molecule has 4 aromatic rings. The Morgan fingerprint density at radius 2 is 1.86 bits per heavy atom. The summed E-state index contributed by atoms with van der Waals surface area (Å²) in [5.74, 6) is 0.553. The van der Waals surface area contributed by atoms with E-state index in [1.807, 2.05) is 48.5 Å². The Hall–Kier alpha value is -3.87. The summed E-state index contributed by atoms with van der Waals surface area (Å²) in [6.07, 6.45) is 9.09. The van der Waals surface area contributed by atoms with Crippen molar-refractivity contribution in [2.24, 2.45) is 0 Å². The highest BCUT2D eigenvalue weighted by molar-refractivity contribution is 6.07. The number of anilines is 1. The highest BCUT2D eigenvalue weighted by Gasteiger charge is 2.26. The third kappa shape index (κ3) is 3.50. The van der Waals surface area contributed by atoms with Crippen molar-refractivity contribution in [1.82, 2.24) is 24.7 Å². The van der Waals surface area contributed by atoms with Gasteiger partial charge in [0.25, 0.3) is 5.91 Å². The van der Waals surface area contributed by atoms with Gasteiger partial charge in [-0.05, 0) is 48.7 Å². The van der Waals surface area contributed by atoms with Crippen molar-refractivity contribution in [3.63, 3.8) is 0 Å². The van der Waals surface area contributed by atoms with Gasteiger partial charge in [-0.3, -0.25) is 14.8 Å². The zero-order valence-corrected chi connectivity index (χ0v) is 15.6. The lowest BCUT2D eigenvalue weighted by atomic mass is 10.0. The molecule has 1 fully saturated rings. The van der Waals surface area contributed by atoms with Crippen LogP contribution in [-0.2, 0) is 0 Å². The van der Waals surface area contributed by atoms with Crippen LogP contribution in [0, 0.1) is 0 Å².